The molecule has 30 heavy (non-hydrogen) atoms. The molecule has 0 saturated carbocycles. The molecule has 0 bridgehead atoms. The summed E-state index contributed by atoms with van der Waals surface area (Å²) in [6.07, 6.45) is 0. The lowest BCUT2D eigenvalue weighted by Gasteiger charge is -2.31. The van der Waals surface area contributed by atoms with Gasteiger partial charge in [0.05, 0.1) is 38.1 Å². The SMILES string of the molecule is CCOc1ccccc1NC(=O)C1=C(C)NC(=S)N[C@H]1c1cccc(OC)c1OC. The normalized spacial score (nSPS) is 15.7. The van der Waals surface area contributed by atoms with Crippen LogP contribution in [0.3, 0.4) is 0 Å². The van der Waals surface area contributed by atoms with Gasteiger partial charge in [0.15, 0.2) is 16.6 Å². The van der Waals surface area contributed by atoms with E-state index >= 15 is 0 Å². The van der Waals surface area contributed by atoms with Crippen LogP contribution in [0, 0.1) is 0 Å². The molecule has 1 aliphatic heterocycles. The predicted octanol–water partition coefficient (Wildman–Crippen LogP) is 3.53. The van der Waals surface area contributed by atoms with Gasteiger partial charge in [0, 0.05) is 11.3 Å². The highest BCUT2D eigenvalue weighted by molar-refractivity contribution is 7.80. The summed E-state index contributed by atoms with van der Waals surface area (Å²) in [5.41, 5.74) is 2.47. The van der Waals surface area contributed by atoms with Gasteiger partial charge in [0.2, 0.25) is 0 Å². The van der Waals surface area contributed by atoms with E-state index in [1.54, 1.807) is 26.4 Å². The van der Waals surface area contributed by atoms with E-state index in [1.165, 1.54) is 0 Å². The number of ether oxygens (including phenoxy) is 3. The minimum absolute atomic E-state index is 0.281. The van der Waals surface area contributed by atoms with Crippen molar-refractivity contribution in [1.82, 2.24) is 10.6 Å². The third kappa shape index (κ3) is 4.33. The molecule has 0 unspecified atom stereocenters. The van der Waals surface area contributed by atoms with Gasteiger partial charge in [0.25, 0.3) is 5.91 Å². The number of amides is 1. The zero-order valence-electron chi connectivity index (χ0n) is 17.4. The Kier molecular flexibility index (Phi) is 6.79. The van der Waals surface area contributed by atoms with Crippen molar-refractivity contribution >= 4 is 28.9 Å². The first-order chi connectivity index (χ1) is 14.5. The van der Waals surface area contributed by atoms with Crippen molar-refractivity contribution in [3.05, 3.63) is 59.3 Å². The fourth-order valence-corrected chi connectivity index (χ4v) is 3.68. The van der Waals surface area contributed by atoms with Gasteiger partial charge in [-0.05, 0) is 44.3 Å². The first kappa shape index (κ1) is 21.4. The van der Waals surface area contributed by atoms with Gasteiger partial charge in [-0.3, -0.25) is 4.79 Å². The molecule has 0 aromatic heterocycles. The zero-order chi connectivity index (χ0) is 21.7. The lowest BCUT2D eigenvalue weighted by atomic mass is 9.93. The molecule has 3 rings (SSSR count). The van der Waals surface area contributed by atoms with Crippen molar-refractivity contribution in [2.45, 2.75) is 19.9 Å². The van der Waals surface area contributed by atoms with Crippen LogP contribution in [0.2, 0.25) is 0 Å². The van der Waals surface area contributed by atoms with Crippen molar-refractivity contribution in [2.75, 3.05) is 26.1 Å². The van der Waals surface area contributed by atoms with Crippen molar-refractivity contribution in [1.29, 1.82) is 0 Å². The number of nitrogens with one attached hydrogen (secondary N) is 3. The van der Waals surface area contributed by atoms with Crippen molar-refractivity contribution in [3.63, 3.8) is 0 Å². The lowest BCUT2D eigenvalue weighted by molar-refractivity contribution is -0.113. The molecule has 0 spiro atoms. The van der Waals surface area contributed by atoms with E-state index in [1.807, 2.05) is 44.2 Å². The second kappa shape index (κ2) is 9.49. The summed E-state index contributed by atoms with van der Waals surface area (Å²) in [6.45, 7) is 4.21. The van der Waals surface area contributed by atoms with E-state index in [-0.39, 0.29) is 5.91 Å². The highest BCUT2D eigenvalue weighted by Crippen LogP contribution is 2.39. The van der Waals surface area contributed by atoms with Crippen molar-refractivity contribution in [2.24, 2.45) is 0 Å². The first-order valence-corrected chi connectivity index (χ1v) is 9.93. The van der Waals surface area contributed by atoms with Crippen LogP contribution in [-0.4, -0.2) is 31.8 Å². The summed E-state index contributed by atoms with van der Waals surface area (Å²) in [5.74, 6) is 1.43. The lowest BCUT2D eigenvalue weighted by Crippen LogP contribution is -2.45. The summed E-state index contributed by atoms with van der Waals surface area (Å²) in [6, 6.07) is 12.3. The Morgan fingerprint density at radius 2 is 1.83 bits per heavy atom. The Bertz CT molecular complexity index is 990. The topological polar surface area (TPSA) is 80.9 Å². The highest BCUT2D eigenvalue weighted by Gasteiger charge is 2.33. The molecule has 7 nitrogen and oxygen atoms in total. The number of para-hydroxylation sites is 3. The summed E-state index contributed by atoms with van der Waals surface area (Å²) in [7, 11) is 3.14. The molecule has 1 amide bonds. The van der Waals surface area contributed by atoms with E-state index < -0.39 is 6.04 Å². The van der Waals surface area contributed by atoms with Crippen LogP contribution >= 0.6 is 12.2 Å². The van der Waals surface area contributed by atoms with E-state index in [2.05, 4.69) is 16.0 Å². The number of carbonyl (C=O) groups is 1. The maximum Gasteiger partial charge on any atom is 0.255 e. The number of thiocarbonyl (C=S) groups is 1. The fraction of sp³-hybridized carbons (Fsp3) is 0.273. The van der Waals surface area contributed by atoms with Crippen LogP contribution in [0.5, 0.6) is 17.2 Å². The van der Waals surface area contributed by atoms with E-state index in [9.17, 15) is 4.79 Å². The molecule has 2 aromatic rings. The molecule has 0 saturated heterocycles. The quantitative estimate of drug-likeness (QED) is 0.583. The number of rotatable bonds is 7. The molecule has 1 atom stereocenters. The van der Waals surface area contributed by atoms with Crippen LogP contribution in [0.25, 0.3) is 0 Å². The minimum Gasteiger partial charge on any atom is -0.493 e. The van der Waals surface area contributed by atoms with Crippen LogP contribution in [-0.2, 0) is 4.79 Å². The van der Waals surface area contributed by atoms with Crippen molar-refractivity contribution in [3.8, 4) is 17.2 Å². The fourth-order valence-electron chi connectivity index (χ4n) is 3.41. The van der Waals surface area contributed by atoms with Gasteiger partial charge in [-0.25, -0.2) is 0 Å². The molecular formula is C22H25N3O4S. The summed E-state index contributed by atoms with van der Waals surface area (Å²) in [4.78, 5) is 13.4. The van der Waals surface area contributed by atoms with Gasteiger partial charge in [0.1, 0.15) is 5.75 Å². The average molecular weight is 428 g/mol. The van der Waals surface area contributed by atoms with Gasteiger partial charge in [-0.2, -0.15) is 0 Å². The molecular weight excluding hydrogens is 402 g/mol. The van der Waals surface area contributed by atoms with E-state index in [4.69, 9.17) is 26.4 Å². The Morgan fingerprint density at radius 1 is 1.10 bits per heavy atom. The van der Waals surface area contributed by atoms with Gasteiger partial charge in [-0.15, -0.1) is 0 Å². The van der Waals surface area contributed by atoms with Crippen LogP contribution in [0.4, 0.5) is 5.69 Å². The zero-order valence-corrected chi connectivity index (χ0v) is 18.2. The monoisotopic (exact) mass is 427 g/mol. The van der Waals surface area contributed by atoms with Gasteiger partial charge in [-0.1, -0.05) is 24.3 Å². The Labute approximate surface area is 181 Å². The maximum absolute atomic E-state index is 13.4. The smallest absolute Gasteiger partial charge is 0.255 e. The summed E-state index contributed by atoms with van der Waals surface area (Å²) < 4.78 is 16.6. The molecule has 0 aliphatic carbocycles. The largest absolute Gasteiger partial charge is 0.493 e. The highest BCUT2D eigenvalue weighted by atomic mass is 32.1. The average Bonchev–Trinajstić information content (AvgIpc) is 2.73. The number of anilines is 1. The third-order valence-corrected chi connectivity index (χ3v) is 4.91. The number of benzene rings is 2. The predicted molar refractivity (Wildman–Crippen MR) is 120 cm³/mol. The number of allylic oxidation sites excluding steroid dienone is 1. The van der Waals surface area contributed by atoms with Crippen LogP contribution in [0.1, 0.15) is 25.5 Å². The molecule has 158 valence electrons. The van der Waals surface area contributed by atoms with Crippen LogP contribution in [0.15, 0.2) is 53.7 Å². The van der Waals surface area contributed by atoms with Crippen LogP contribution < -0.4 is 30.2 Å². The second-order valence-electron chi connectivity index (χ2n) is 6.54. The maximum atomic E-state index is 13.4. The minimum atomic E-state index is -0.525. The molecule has 1 aliphatic rings. The standard InChI is InChI=1S/C22H25N3O4S/c1-5-29-16-11-7-6-10-15(16)24-21(26)18-13(2)23-22(30)25-19(18)14-9-8-12-17(27-3)20(14)28-4/h6-12,19H,5H2,1-4H3,(H,24,26)(H2,23,25,30)/t19-/m0/s1. The van der Waals surface area contributed by atoms with E-state index in [0.29, 0.717) is 45.9 Å². The molecule has 0 radical (unpaired) electrons. The number of methoxy groups -OCH3 is 2. The molecule has 0 fully saturated rings. The molecule has 8 heteroatoms. The summed E-state index contributed by atoms with van der Waals surface area (Å²) >= 11 is 5.34. The Morgan fingerprint density at radius 3 is 2.53 bits per heavy atom. The number of carbonyl (C=O) groups excluding carboxylic acids is 1. The molecule has 2 aromatic carbocycles. The summed E-state index contributed by atoms with van der Waals surface area (Å²) in [5, 5.41) is 9.60. The first-order valence-electron chi connectivity index (χ1n) is 9.52. The van der Waals surface area contributed by atoms with E-state index in [0.717, 1.165) is 5.56 Å². The second-order valence-corrected chi connectivity index (χ2v) is 6.94. The van der Waals surface area contributed by atoms with Gasteiger partial charge >= 0.3 is 0 Å². The molecule has 3 N–H and O–H groups in total. The Hall–Kier alpha value is -3.26. The van der Waals surface area contributed by atoms with Gasteiger partial charge < -0.3 is 30.2 Å². The third-order valence-electron chi connectivity index (χ3n) is 4.69. The molecule has 1 heterocycles. The number of hydrogen-bond donors (Lipinski definition) is 3. The number of hydrogen-bond acceptors (Lipinski definition) is 5. The Balaban J connectivity index is 2.02. The van der Waals surface area contributed by atoms with Crippen molar-refractivity contribution < 1.29 is 19.0 Å².